The van der Waals surface area contributed by atoms with Crippen LogP contribution in [0.15, 0.2) is 44.9 Å². The lowest BCUT2D eigenvalue weighted by atomic mass is 10.3. The summed E-state index contributed by atoms with van der Waals surface area (Å²) >= 11 is 2.99. The molecule has 26 heavy (non-hydrogen) atoms. The molecule has 1 aliphatic rings. The SMILES string of the molecule is Cc1csc(S[C@@H](C)C(=O)N2CCN(S(=O)(=O)c3ccccc3)CC2)n1. The van der Waals surface area contributed by atoms with E-state index in [1.165, 1.54) is 27.4 Å². The fraction of sp³-hybridized carbons (Fsp3) is 0.412. The number of thioether (sulfide) groups is 1. The molecular weight excluding hydrogens is 390 g/mol. The predicted molar refractivity (Wildman–Crippen MR) is 104 cm³/mol. The minimum absolute atomic E-state index is 0.0274. The third-order valence-electron chi connectivity index (χ3n) is 4.15. The lowest BCUT2D eigenvalue weighted by molar-refractivity contribution is -0.131. The fourth-order valence-corrected chi connectivity index (χ4v) is 6.25. The van der Waals surface area contributed by atoms with E-state index < -0.39 is 10.0 Å². The monoisotopic (exact) mass is 411 g/mol. The third-order valence-corrected chi connectivity index (χ3v) is 8.24. The first-order chi connectivity index (χ1) is 12.4. The quantitative estimate of drug-likeness (QED) is 0.707. The van der Waals surface area contributed by atoms with Crippen molar-refractivity contribution < 1.29 is 13.2 Å². The van der Waals surface area contributed by atoms with Gasteiger partial charge in [0, 0.05) is 37.3 Å². The number of amides is 1. The normalized spacial score (nSPS) is 17.2. The number of sulfonamides is 1. The van der Waals surface area contributed by atoms with Gasteiger partial charge in [-0.1, -0.05) is 30.0 Å². The van der Waals surface area contributed by atoms with Crippen molar-refractivity contribution in [2.75, 3.05) is 26.2 Å². The number of piperazine rings is 1. The van der Waals surface area contributed by atoms with Gasteiger partial charge in [0.05, 0.1) is 10.1 Å². The van der Waals surface area contributed by atoms with Gasteiger partial charge in [0.15, 0.2) is 4.34 Å². The summed E-state index contributed by atoms with van der Waals surface area (Å²) in [5.41, 5.74) is 0.955. The Morgan fingerprint density at radius 3 is 2.42 bits per heavy atom. The predicted octanol–water partition coefficient (Wildman–Crippen LogP) is 2.47. The van der Waals surface area contributed by atoms with Crippen LogP contribution in [0.5, 0.6) is 0 Å². The molecule has 0 aliphatic carbocycles. The summed E-state index contributed by atoms with van der Waals surface area (Å²) in [5, 5.41) is 1.73. The summed E-state index contributed by atoms with van der Waals surface area (Å²) in [7, 11) is -3.50. The number of thiazole rings is 1. The molecule has 2 aromatic rings. The lowest BCUT2D eigenvalue weighted by Gasteiger charge is -2.35. The zero-order valence-corrected chi connectivity index (χ0v) is 17.1. The Kier molecular flexibility index (Phi) is 6.01. The second-order valence-electron chi connectivity index (χ2n) is 6.06. The molecule has 6 nitrogen and oxygen atoms in total. The molecular formula is C17H21N3O3S3. The molecule has 0 unspecified atom stereocenters. The molecule has 1 aliphatic heterocycles. The number of carbonyl (C=O) groups is 1. The van der Waals surface area contributed by atoms with E-state index >= 15 is 0 Å². The summed E-state index contributed by atoms with van der Waals surface area (Å²) in [6, 6.07) is 8.42. The Labute approximate surface area is 162 Å². The second kappa shape index (κ2) is 8.08. The summed E-state index contributed by atoms with van der Waals surface area (Å²) in [5.74, 6) is 0.0274. The van der Waals surface area contributed by atoms with Gasteiger partial charge < -0.3 is 4.90 Å². The maximum atomic E-state index is 12.7. The Morgan fingerprint density at radius 1 is 1.19 bits per heavy atom. The van der Waals surface area contributed by atoms with Gasteiger partial charge in [-0.2, -0.15) is 4.31 Å². The smallest absolute Gasteiger partial charge is 0.243 e. The van der Waals surface area contributed by atoms with Gasteiger partial charge in [-0.15, -0.1) is 11.3 Å². The molecule has 140 valence electrons. The molecule has 9 heteroatoms. The Bertz CT molecular complexity index is 860. The first-order valence-electron chi connectivity index (χ1n) is 8.30. The maximum Gasteiger partial charge on any atom is 0.243 e. The van der Waals surface area contributed by atoms with Crippen LogP contribution in [-0.2, 0) is 14.8 Å². The van der Waals surface area contributed by atoms with Gasteiger partial charge >= 0.3 is 0 Å². The highest BCUT2D eigenvalue weighted by molar-refractivity contribution is 8.02. The molecule has 0 N–H and O–H groups in total. The third kappa shape index (κ3) is 4.28. The Hall–Kier alpha value is -1.42. The standard InChI is InChI=1S/C17H21N3O3S3/c1-13-12-24-17(18-13)25-14(2)16(21)19-8-10-20(11-9-19)26(22,23)15-6-4-3-5-7-15/h3-7,12,14H,8-11H2,1-2H3/t14-/m0/s1. The zero-order chi connectivity index (χ0) is 18.7. The number of nitrogens with zero attached hydrogens (tertiary/aromatic N) is 3. The summed E-state index contributed by atoms with van der Waals surface area (Å²) in [4.78, 5) is 19.1. The largest absolute Gasteiger partial charge is 0.339 e. The van der Waals surface area contributed by atoms with Gasteiger partial charge in [0.2, 0.25) is 15.9 Å². The van der Waals surface area contributed by atoms with Crippen LogP contribution in [0.4, 0.5) is 0 Å². The van der Waals surface area contributed by atoms with E-state index in [9.17, 15) is 13.2 Å². The van der Waals surface area contributed by atoms with Gasteiger partial charge in [0.25, 0.3) is 0 Å². The first-order valence-corrected chi connectivity index (χ1v) is 11.5. The highest BCUT2D eigenvalue weighted by Gasteiger charge is 2.31. The van der Waals surface area contributed by atoms with Crippen molar-refractivity contribution in [1.82, 2.24) is 14.2 Å². The van der Waals surface area contributed by atoms with Crippen molar-refractivity contribution in [1.29, 1.82) is 0 Å². The van der Waals surface area contributed by atoms with Crippen LogP contribution in [-0.4, -0.2) is 59.9 Å². The molecule has 1 atom stereocenters. The number of benzene rings is 1. The summed E-state index contributed by atoms with van der Waals surface area (Å²) < 4.78 is 27.6. The van der Waals surface area contributed by atoms with Crippen LogP contribution in [0.25, 0.3) is 0 Å². The highest BCUT2D eigenvalue weighted by atomic mass is 32.2. The van der Waals surface area contributed by atoms with E-state index in [2.05, 4.69) is 4.98 Å². The van der Waals surface area contributed by atoms with Crippen LogP contribution < -0.4 is 0 Å². The summed E-state index contributed by atoms with van der Waals surface area (Å²) in [6.45, 7) is 5.25. The van der Waals surface area contributed by atoms with Gasteiger partial charge in [-0.25, -0.2) is 13.4 Å². The molecule has 1 aromatic heterocycles. The number of rotatable bonds is 5. The van der Waals surface area contributed by atoms with Crippen molar-refractivity contribution in [2.24, 2.45) is 0 Å². The minimum Gasteiger partial charge on any atom is -0.339 e. The van der Waals surface area contributed by atoms with E-state index in [0.717, 1.165) is 10.0 Å². The molecule has 1 aromatic carbocycles. The maximum absolute atomic E-state index is 12.7. The van der Waals surface area contributed by atoms with E-state index in [4.69, 9.17) is 0 Å². The number of hydrogen-bond acceptors (Lipinski definition) is 6. The fourth-order valence-electron chi connectivity index (χ4n) is 2.74. The van der Waals surface area contributed by atoms with E-state index in [0.29, 0.717) is 31.1 Å². The zero-order valence-electron chi connectivity index (χ0n) is 14.7. The Balaban J connectivity index is 1.58. The Morgan fingerprint density at radius 2 is 1.85 bits per heavy atom. The molecule has 2 heterocycles. The topological polar surface area (TPSA) is 70.6 Å². The molecule has 1 amide bonds. The minimum atomic E-state index is -3.50. The van der Waals surface area contributed by atoms with E-state index in [1.807, 2.05) is 19.2 Å². The molecule has 0 spiro atoms. The van der Waals surface area contributed by atoms with Crippen molar-refractivity contribution >= 4 is 39.0 Å². The van der Waals surface area contributed by atoms with Gasteiger partial charge in [0.1, 0.15) is 0 Å². The molecule has 1 fully saturated rings. The van der Waals surface area contributed by atoms with Crippen LogP contribution in [0.3, 0.4) is 0 Å². The van der Waals surface area contributed by atoms with E-state index in [1.54, 1.807) is 35.2 Å². The number of aryl methyl sites for hydroxylation is 1. The number of carbonyl (C=O) groups excluding carboxylic acids is 1. The van der Waals surface area contributed by atoms with Gasteiger partial charge in [-0.3, -0.25) is 4.79 Å². The second-order valence-corrected chi connectivity index (χ2v) is 10.4. The van der Waals surface area contributed by atoms with E-state index in [-0.39, 0.29) is 11.2 Å². The van der Waals surface area contributed by atoms with Crippen LogP contribution in [0.2, 0.25) is 0 Å². The molecule has 0 bridgehead atoms. The molecule has 3 rings (SSSR count). The average Bonchev–Trinajstić information content (AvgIpc) is 3.06. The van der Waals surface area contributed by atoms with Crippen molar-refractivity contribution in [2.45, 2.75) is 28.3 Å². The van der Waals surface area contributed by atoms with Crippen LogP contribution in [0, 0.1) is 6.92 Å². The molecule has 0 saturated carbocycles. The van der Waals surface area contributed by atoms with Crippen LogP contribution >= 0.6 is 23.1 Å². The lowest BCUT2D eigenvalue weighted by Crippen LogP contribution is -2.52. The number of hydrogen-bond donors (Lipinski definition) is 0. The highest BCUT2D eigenvalue weighted by Crippen LogP contribution is 2.28. The first kappa shape index (κ1) is 19.3. The van der Waals surface area contributed by atoms with Crippen LogP contribution in [0.1, 0.15) is 12.6 Å². The van der Waals surface area contributed by atoms with Crippen molar-refractivity contribution in [3.05, 3.63) is 41.4 Å². The number of aromatic nitrogens is 1. The molecule has 1 saturated heterocycles. The van der Waals surface area contributed by atoms with Gasteiger partial charge in [-0.05, 0) is 26.0 Å². The van der Waals surface area contributed by atoms with Crippen molar-refractivity contribution in [3.63, 3.8) is 0 Å². The summed E-state index contributed by atoms with van der Waals surface area (Å²) in [6.07, 6.45) is 0. The van der Waals surface area contributed by atoms with Crippen molar-refractivity contribution in [3.8, 4) is 0 Å². The molecule has 0 radical (unpaired) electrons. The average molecular weight is 412 g/mol.